The van der Waals surface area contributed by atoms with Crippen molar-refractivity contribution in [3.63, 3.8) is 0 Å². The molecule has 7 heteroatoms. The number of benzene rings is 1. The molecule has 1 atom stereocenters. The predicted octanol–water partition coefficient (Wildman–Crippen LogP) is 3.49. The van der Waals surface area contributed by atoms with Crippen molar-refractivity contribution >= 4 is 11.9 Å². The second-order valence-corrected chi connectivity index (χ2v) is 6.03. The zero-order valence-corrected chi connectivity index (χ0v) is 13.2. The van der Waals surface area contributed by atoms with Crippen LogP contribution >= 0.6 is 0 Å². The molecule has 0 saturated carbocycles. The van der Waals surface area contributed by atoms with Crippen molar-refractivity contribution in [3.8, 4) is 0 Å². The average Bonchev–Trinajstić information content (AvgIpc) is 2.94. The third kappa shape index (κ3) is 4.97. The zero-order valence-electron chi connectivity index (χ0n) is 13.2. The Hall–Kier alpha value is -2.05. The summed E-state index contributed by atoms with van der Waals surface area (Å²) in [6, 6.07) is 4.85. The van der Waals surface area contributed by atoms with Crippen LogP contribution in [0.5, 0.6) is 0 Å². The third-order valence-corrected chi connectivity index (χ3v) is 4.22. The van der Waals surface area contributed by atoms with E-state index in [9.17, 15) is 22.8 Å². The standard InChI is InChI=1S/C17H20F3NO3/c18-17(19,20)13-6-1-4-12(10-13)5-2-8-15(22)21-9-3-7-14(21)11-16(23)24/h1,4,6,10,14H,2-3,5,7-9,11H2,(H,23,24). The van der Waals surface area contributed by atoms with Crippen molar-refractivity contribution < 1.29 is 27.9 Å². The van der Waals surface area contributed by atoms with E-state index in [0.717, 1.165) is 18.6 Å². The Morgan fingerprint density at radius 2 is 2.04 bits per heavy atom. The maximum Gasteiger partial charge on any atom is 0.416 e. The van der Waals surface area contributed by atoms with Crippen molar-refractivity contribution in [2.45, 2.75) is 50.7 Å². The van der Waals surface area contributed by atoms with Gasteiger partial charge >= 0.3 is 12.1 Å². The molecule has 1 aromatic carbocycles. The number of hydrogen-bond donors (Lipinski definition) is 1. The topological polar surface area (TPSA) is 57.6 Å². The molecule has 1 N–H and O–H groups in total. The summed E-state index contributed by atoms with van der Waals surface area (Å²) in [5, 5.41) is 8.86. The molecule has 0 bridgehead atoms. The molecule has 0 radical (unpaired) electrons. The van der Waals surface area contributed by atoms with Crippen LogP contribution in [0.2, 0.25) is 0 Å². The van der Waals surface area contributed by atoms with Crippen molar-refractivity contribution in [3.05, 3.63) is 35.4 Å². The highest BCUT2D eigenvalue weighted by Crippen LogP contribution is 2.30. The Morgan fingerprint density at radius 1 is 1.29 bits per heavy atom. The van der Waals surface area contributed by atoms with Gasteiger partial charge in [-0.3, -0.25) is 9.59 Å². The van der Waals surface area contributed by atoms with E-state index in [1.165, 1.54) is 6.07 Å². The van der Waals surface area contributed by atoms with Gasteiger partial charge in [-0.2, -0.15) is 13.2 Å². The molecule has 2 rings (SSSR count). The number of aliphatic carboxylic acids is 1. The Labute approximate surface area is 138 Å². The number of carbonyl (C=O) groups excluding carboxylic acids is 1. The van der Waals surface area contributed by atoms with E-state index >= 15 is 0 Å². The van der Waals surface area contributed by atoms with Crippen LogP contribution in [-0.2, 0) is 22.2 Å². The molecule has 1 aliphatic rings. The van der Waals surface area contributed by atoms with Crippen molar-refractivity contribution in [2.24, 2.45) is 0 Å². The van der Waals surface area contributed by atoms with Gasteiger partial charge in [-0.15, -0.1) is 0 Å². The van der Waals surface area contributed by atoms with Gasteiger partial charge in [0, 0.05) is 19.0 Å². The lowest BCUT2D eigenvalue weighted by Gasteiger charge is -2.23. The molecule has 4 nitrogen and oxygen atoms in total. The van der Waals surface area contributed by atoms with Crippen LogP contribution in [0.4, 0.5) is 13.2 Å². The van der Waals surface area contributed by atoms with Gasteiger partial charge in [-0.25, -0.2) is 0 Å². The fourth-order valence-electron chi connectivity index (χ4n) is 3.07. The lowest BCUT2D eigenvalue weighted by molar-refractivity contribution is -0.140. The first-order chi connectivity index (χ1) is 11.3. The molecule has 1 aliphatic heterocycles. The largest absolute Gasteiger partial charge is 0.481 e. The molecule has 1 fully saturated rings. The number of alkyl halides is 3. The van der Waals surface area contributed by atoms with E-state index < -0.39 is 17.7 Å². The number of aryl methyl sites for hydroxylation is 1. The number of halogens is 3. The summed E-state index contributed by atoms with van der Waals surface area (Å²) in [5.74, 6) is -1.05. The van der Waals surface area contributed by atoms with Crippen molar-refractivity contribution in [1.29, 1.82) is 0 Å². The first kappa shape index (κ1) is 18.3. The quantitative estimate of drug-likeness (QED) is 0.860. The average molecular weight is 343 g/mol. The van der Waals surface area contributed by atoms with Gasteiger partial charge in [0.15, 0.2) is 0 Å². The van der Waals surface area contributed by atoms with E-state index in [2.05, 4.69) is 0 Å². The Morgan fingerprint density at radius 3 is 2.71 bits per heavy atom. The van der Waals surface area contributed by atoms with Gasteiger partial charge in [0.25, 0.3) is 0 Å². The van der Waals surface area contributed by atoms with E-state index in [4.69, 9.17) is 5.11 Å². The number of likely N-dealkylation sites (tertiary alicyclic amines) is 1. The lowest BCUT2D eigenvalue weighted by Crippen LogP contribution is -2.36. The minimum Gasteiger partial charge on any atom is -0.481 e. The highest BCUT2D eigenvalue weighted by Gasteiger charge is 2.31. The molecule has 24 heavy (non-hydrogen) atoms. The maximum absolute atomic E-state index is 12.7. The molecule has 132 valence electrons. The smallest absolute Gasteiger partial charge is 0.416 e. The summed E-state index contributed by atoms with van der Waals surface area (Å²) in [7, 11) is 0. The second-order valence-electron chi connectivity index (χ2n) is 6.03. The van der Waals surface area contributed by atoms with Crippen LogP contribution in [0, 0.1) is 0 Å². The Balaban J connectivity index is 1.85. The summed E-state index contributed by atoms with van der Waals surface area (Å²) in [6.07, 6.45) is -1.91. The van der Waals surface area contributed by atoms with Gasteiger partial charge in [0.1, 0.15) is 0 Å². The fourth-order valence-corrected chi connectivity index (χ4v) is 3.07. The van der Waals surface area contributed by atoms with Crippen LogP contribution in [0.25, 0.3) is 0 Å². The highest BCUT2D eigenvalue weighted by atomic mass is 19.4. The van der Waals surface area contributed by atoms with Gasteiger partial charge in [0.2, 0.25) is 5.91 Å². The van der Waals surface area contributed by atoms with E-state index in [0.29, 0.717) is 31.4 Å². The number of carboxylic acids is 1. The van der Waals surface area contributed by atoms with Gasteiger partial charge in [0.05, 0.1) is 12.0 Å². The van der Waals surface area contributed by atoms with Crippen LogP contribution in [0.3, 0.4) is 0 Å². The van der Waals surface area contributed by atoms with Crippen LogP contribution in [0.15, 0.2) is 24.3 Å². The second kappa shape index (κ2) is 7.68. The fraction of sp³-hybridized carbons (Fsp3) is 0.529. The van der Waals surface area contributed by atoms with E-state index in [1.54, 1.807) is 11.0 Å². The molecule has 1 amide bonds. The summed E-state index contributed by atoms with van der Waals surface area (Å²) in [5.41, 5.74) is -0.145. The van der Waals surface area contributed by atoms with Crippen LogP contribution in [0.1, 0.15) is 43.2 Å². The lowest BCUT2D eigenvalue weighted by atomic mass is 10.0. The highest BCUT2D eigenvalue weighted by molar-refractivity contribution is 5.78. The summed E-state index contributed by atoms with van der Waals surface area (Å²) in [6.45, 7) is 0.556. The molecule has 1 aromatic rings. The first-order valence-corrected chi connectivity index (χ1v) is 7.95. The minimum absolute atomic E-state index is 0.0562. The van der Waals surface area contributed by atoms with Crippen LogP contribution in [-0.4, -0.2) is 34.5 Å². The van der Waals surface area contributed by atoms with E-state index in [1.807, 2.05) is 0 Å². The first-order valence-electron chi connectivity index (χ1n) is 7.95. The number of amides is 1. The molecule has 1 saturated heterocycles. The van der Waals surface area contributed by atoms with Crippen LogP contribution < -0.4 is 0 Å². The summed E-state index contributed by atoms with van der Waals surface area (Å²) >= 11 is 0. The number of nitrogens with zero attached hydrogens (tertiary/aromatic N) is 1. The molecule has 1 heterocycles. The SMILES string of the molecule is O=C(O)CC1CCCN1C(=O)CCCc1cccc(C(F)(F)F)c1. The molecular weight excluding hydrogens is 323 g/mol. The molecule has 0 aliphatic carbocycles. The Bertz CT molecular complexity index is 601. The number of rotatable bonds is 6. The van der Waals surface area contributed by atoms with Crippen molar-refractivity contribution in [1.82, 2.24) is 4.90 Å². The maximum atomic E-state index is 12.7. The molecular formula is C17H20F3NO3. The molecule has 0 aromatic heterocycles. The normalized spacial score (nSPS) is 18.0. The van der Waals surface area contributed by atoms with Gasteiger partial charge in [-0.05, 0) is 37.3 Å². The van der Waals surface area contributed by atoms with Crippen molar-refractivity contribution in [2.75, 3.05) is 6.54 Å². The number of carbonyl (C=O) groups is 2. The van der Waals surface area contributed by atoms with E-state index in [-0.39, 0.29) is 24.8 Å². The summed E-state index contributed by atoms with van der Waals surface area (Å²) in [4.78, 5) is 24.6. The number of carboxylic acid groups (broad SMARTS) is 1. The Kier molecular flexibility index (Phi) is 5.85. The monoisotopic (exact) mass is 343 g/mol. The predicted molar refractivity (Wildman–Crippen MR) is 81.4 cm³/mol. The van der Waals surface area contributed by atoms with Gasteiger partial charge in [-0.1, -0.05) is 18.2 Å². The molecule has 0 spiro atoms. The number of hydrogen-bond acceptors (Lipinski definition) is 2. The summed E-state index contributed by atoms with van der Waals surface area (Å²) < 4.78 is 38.0. The van der Waals surface area contributed by atoms with Gasteiger partial charge < -0.3 is 10.0 Å². The minimum atomic E-state index is -4.37. The molecule has 1 unspecified atom stereocenters. The zero-order chi connectivity index (χ0) is 17.7. The third-order valence-electron chi connectivity index (χ3n) is 4.22.